The summed E-state index contributed by atoms with van der Waals surface area (Å²) in [6, 6.07) is 7.20. The third-order valence-corrected chi connectivity index (χ3v) is 6.02. The highest BCUT2D eigenvalue weighted by Gasteiger charge is 2.27. The maximum absolute atomic E-state index is 13.2. The van der Waals surface area contributed by atoms with Crippen molar-refractivity contribution in [2.24, 2.45) is 0 Å². The van der Waals surface area contributed by atoms with E-state index in [9.17, 15) is 9.59 Å². The topological polar surface area (TPSA) is 93.4 Å². The highest BCUT2D eigenvalue weighted by Crippen LogP contribution is 2.21. The van der Waals surface area contributed by atoms with Crippen molar-refractivity contribution >= 4 is 28.4 Å². The molecular formula is C22H28N5O2+. The first kappa shape index (κ1) is 19.4. The van der Waals surface area contributed by atoms with Crippen molar-refractivity contribution in [3.05, 3.63) is 46.4 Å². The molecule has 0 unspecified atom stereocenters. The van der Waals surface area contributed by atoms with Crippen LogP contribution in [0.25, 0.3) is 16.7 Å². The normalized spacial score (nSPS) is 16.2. The molecule has 152 valence electrons. The van der Waals surface area contributed by atoms with E-state index in [2.05, 4.69) is 5.32 Å². The van der Waals surface area contributed by atoms with Crippen LogP contribution in [0.4, 0.5) is 5.82 Å². The summed E-state index contributed by atoms with van der Waals surface area (Å²) >= 11 is 0. The molecule has 0 radical (unpaired) electrons. The molecule has 1 aliphatic carbocycles. The Labute approximate surface area is 169 Å². The van der Waals surface area contributed by atoms with Crippen molar-refractivity contribution in [2.75, 3.05) is 5.73 Å². The maximum atomic E-state index is 13.2. The number of amides is 1. The highest BCUT2D eigenvalue weighted by atomic mass is 16.2. The fourth-order valence-corrected chi connectivity index (χ4v) is 4.18. The summed E-state index contributed by atoms with van der Waals surface area (Å²) in [6.07, 6.45) is 7.93. The second-order valence-corrected chi connectivity index (χ2v) is 7.96. The number of carbonyl (C=O) groups is 1. The van der Waals surface area contributed by atoms with Gasteiger partial charge in [-0.15, -0.1) is 0 Å². The SMILES string of the molecule is CC[C@@H](C)[n+]1c(N)c(C(=O)NC2CCCCC2)cc2c(=O)n3ccccc3nc21. The molecule has 0 spiro atoms. The van der Waals surface area contributed by atoms with Crippen molar-refractivity contribution in [1.82, 2.24) is 14.7 Å². The Morgan fingerprint density at radius 1 is 1.34 bits per heavy atom. The van der Waals surface area contributed by atoms with Crippen LogP contribution in [0.3, 0.4) is 0 Å². The van der Waals surface area contributed by atoms with Gasteiger partial charge in [0.15, 0.2) is 0 Å². The van der Waals surface area contributed by atoms with Crippen molar-refractivity contribution in [3.63, 3.8) is 0 Å². The van der Waals surface area contributed by atoms with Gasteiger partial charge in [0.2, 0.25) is 11.5 Å². The molecule has 7 nitrogen and oxygen atoms in total. The average Bonchev–Trinajstić information content (AvgIpc) is 2.74. The molecule has 3 aromatic rings. The predicted molar refractivity (Wildman–Crippen MR) is 113 cm³/mol. The van der Waals surface area contributed by atoms with Gasteiger partial charge in [-0.3, -0.25) is 14.0 Å². The van der Waals surface area contributed by atoms with Crippen LogP contribution in [-0.2, 0) is 0 Å². The number of nitrogens with zero attached hydrogens (tertiary/aromatic N) is 3. The number of pyridine rings is 2. The number of aromatic nitrogens is 3. The Morgan fingerprint density at radius 3 is 2.83 bits per heavy atom. The van der Waals surface area contributed by atoms with E-state index in [-0.39, 0.29) is 23.6 Å². The van der Waals surface area contributed by atoms with Crippen LogP contribution < -0.4 is 21.2 Å². The standard InChI is InChI=1S/C22H27N5O2/c1-3-14(2)27-19(23)16(21(28)24-15-9-5-4-6-10-15)13-17-20(27)25-18-11-7-8-12-26(18)22(17)29/h7-8,11-15,23H,3-6,9-10H2,1-2H3,(H,24,28)/p+1/t14-/m1/s1. The summed E-state index contributed by atoms with van der Waals surface area (Å²) in [5.41, 5.74) is 7.70. The summed E-state index contributed by atoms with van der Waals surface area (Å²) in [4.78, 5) is 30.9. The lowest BCUT2D eigenvalue weighted by atomic mass is 9.95. The van der Waals surface area contributed by atoms with Gasteiger partial charge in [0.1, 0.15) is 10.9 Å². The molecule has 0 aliphatic heterocycles. The summed E-state index contributed by atoms with van der Waals surface area (Å²) in [5.74, 6) is 0.137. The molecule has 1 saturated carbocycles. The lowest BCUT2D eigenvalue weighted by Crippen LogP contribution is -2.46. The fourth-order valence-electron chi connectivity index (χ4n) is 4.18. The predicted octanol–water partition coefficient (Wildman–Crippen LogP) is 2.75. The van der Waals surface area contributed by atoms with Crippen molar-refractivity contribution in [1.29, 1.82) is 0 Å². The van der Waals surface area contributed by atoms with E-state index >= 15 is 0 Å². The van der Waals surface area contributed by atoms with Crippen LogP contribution >= 0.6 is 0 Å². The molecule has 29 heavy (non-hydrogen) atoms. The minimum atomic E-state index is -0.217. The zero-order valence-corrected chi connectivity index (χ0v) is 17.0. The van der Waals surface area contributed by atoms with Crippen LogP contribution in [0.15, 0.2) is 35.3 Å². The Morgan fingerprint density at radius 2 is 2.10 bits per heavy atom. The molecule has 1 aliphatic rings. The molecule has 0 saturated heterocycles. The Bertz CT molecular complexity index is 1130. The lowest BCUT2D eigenvalue weighted by Gasteiger charge is -2.23. The van der Waals surface area contributed by atoms with Crippen molar-refractivity contribution in [3.8, 4) is 0 Å². The lowest BCUT2D eigenvalue weighted by molar-refractivity contribution is -0.683. The van der Waals surface area contributed by atoms with Crippen LogP contribution in [-0.4, -0.2) is 21.3 Å². The number of hydrogen-bond acceptors (Lipinski definition) is 4. The molecule has 3 aromatic heterocycles. The number of anilines is 1. The van der Waals surface area contributed by atoms with Crippen LogP contribution in [0.1, 0.15) is 68.8 Å². The number of nitrogens with two attached hydrogens (primary N) is 1. The van der Waals surface area contributed by atoms with Gasteiger partial charge in [0, 0.05) is 12.2 Å². The summed E-state index contributed by atoms with van der Waals surface area (Å²) < 4.78 is 3.34. The second-order valence-electron chi connectivity index (χ2n) is 7.96. The zero-order chi connectivity index (χ0) is 20.5. The average molecular weight is 394 g/mol. The van der Waals surface area contributed by atoms with Crippen LogP contribution in [0.2, 0.25) is 0 Å². The van der Waals surface area contributed by atoms with Gasteiger partial charge < -0.3 is 11.1 Å². The van der Waals surface area contributed by atoms with Crippen LogP contribution in [0, 0.1) is 0 Å². The first-order valence-corrected chi connectivity index (χ1v) is 10.5. The van der Waals surface area contributed by atoms with Crippen LogP contribution in [0.5, 0.6) is 0 Å². The number of nitrogen functional groups attached to an aromatic ring is 1. The van der Waals surface area contributed by atoms with E-state index in [1.165, 1.54) is 10.8 Å². The summed E-state index contributed by atoms with van der Waals surface area (Å²) in [7, 11) is 0. The highest BCUT2D eigenvalue weighted by molar-refractivity contribution is 6.00. The molecule has 3 heterocycles. The zero-order valence-electron chi connectivity index (χ0n) is 17.0. The number of nitrogens with one attached hydrogen (secondary N) is 1. The molecule has 7 heteroatoms. The molecule has 0 bridgehead atoms. The first-order chi connectivity index (χ1) is 14.0. The van der Waals surface area contributed by atoms with Gasteiger partial charge in [-0.05, 0) is 44.4 Å². The van der Waals surface area contributed by atoms with Crippen molar-refractivity contribution < 1.29 is 9.36 Å². The smallest absolute Gasteiger partial charge is 0.278 e. The molecular weight excluding hydrogens is 366 g/mol. The van der Waals surface area contributed by atoms with Crippen molar-refractivity contribution in [2.45, 2.75) is 64.5 Å². The molecule has 0 aromatic carbocycles. The van der Waals surface area contributed by atoms with E-state index in [0.717, 1.165) is 32.1 Å². The van der Waals surface area contributed by atoms with E-state index in [0.29, 0.717) is 28.1 Å². The van der Waals surface area contributed by atoms with Gasteiger partial charge in [0.25, 0.3) is 17.1 Å². The third-order valence-electron chi connectivity index (χ3n) is 6.02. The van der Waals surface area contributed by atoms with Gasteiger partial charge in [-0.1, -0.05) is 37.2 Å². The summed E-state index contributed by atoms with van der Waals surface area (Å²) in [5, 5.41) is 3.52. The fraction of sp³-hybridized carbons (Fsp3) is 0.455. The van der Waals surface area contributed by atoms with Gasteiger partial charge in [-0.2, -0.15) is 0 Å². The minimum Gasteiger partial charge on any atom is -0.349 e. The molecule has 4 rings (SSSR count). The Kier molecular flexibility index (Phi) is 5.22. The minimum absolute atomic E-state index is 0.00186. The number of rotatable bonds is 4. The Hall–Kier alpha value is -2.96. The van der Waals surface area contributed by atoms with E-state index in [1.807, 2.05) is 24.5 Å². The van der Waals surface area contributed by atoms with E-state index in [4.69, 9.17) is 10.7 Å². The maximum Gasteiger partial charge on any atom is 0.278 e. The molecule has 3 N–H and O–H groups in total. The monoisotopic (exact) mass is 394 g/mol. The third kappa shape index (κ3) is 3.45. The number of hydrogen-bond donors (Lipinski definition) is 2. The van der Waals surface area contributed by atoms with Gasteiger partial charge in [0.05, 0.1) is 6.04 Å². The number of fused-ring (bicyclic) bond motifs is 2. The molecule has 1 fully saturated rings. The van der Waals surface area contributed by atoms with Gasteiger partial charge in [-0.25, -0.2) is 4.57 Å². The van der Waals surface area contributed by atoms with E-state index < -0.39 is 0 Å². The molecule has 1 atom stereocenters. The Balaban J connectivity index is 1.92. The summed E-state index contributed by atoms with van der Waals surface area (Å²) in [6.45, 7) is 4.07. The first-order valence-electron chi connectivity index (χ1n) is 10.5. The van der Waals surface area contributed by atoms with E-state index in [1.54, 1.807) is 24.4 Å². The molecule has 1 amide bonds. The quantitative estimate of drug-likeness (QED) is 0.526. The van der Waals surface area contributed by atoms with Gasteiger partial charge >= 0.3 is 0 Å². The second kappa shape index (κ2) is 7.81. The number of carbonyl (C=O) groups excluding carboxylic acids is 1. The largest absolute Gasteiger partial charge is 0.349 e.